The van der Waals surface area contributed by atoms with Gasteiger partial charge < -0.3 is 10.6 Å². The van der Waals surface area contributed by atoms with Crippen molar-refractivity contribution in [3.05, 3.63) is 59.7 Å². The smallest absolute Gasteiger partial charge is 0.260 e. The highest BCUT2D eigenvalue weighted by atomic mass is 19.1. The maximum Gasteiger partial charge on any atom is 0.260 e. The summed E-state index contributed by atoms with van der Waals surface area (Å²) in [5.41, 5.74) is 6.24. The van der Waals surface area contributed by atoms with E-state index in [2.05, 4.69) is 0 Å². The molecule has 0 aliphatic rings. The molecular weight excluding hydrogens is 250 g/mol. The van der Waals surface area contributed by atoms with Gasteiger partial charge in [-0.1, -0.05) is 6.07 Å². The molecule has 1 amide bonds. The molecule has 0 unspecified atom stereocenters. The second kappa shape index (κ2) is 5.06. The third kappa shape index (κ3) is 2.70. The topological polar surface area (TPSA) is 46.3 Å². The summed E-state index contributed by atoms with van der Waals surface area (Å²) in [6.07, 6.45) is 0. The van der Waals surface area contributed by atoms with Crippen molar-refractivity contribution in [1.29, 1.82) is 0 Å². The first-order valence-electron chi connectivity index (χ1n) is 5.57. The van der Waals surface area contributed by atoms with Gasteiger partial charge in [0.1, 0.15) is 11.6 Å². The maximum atomic E-state index is 13.2. The Hall–Kier alpha value is -2.43. The quantitative estimate of drug-likeness (QED) is 0.846. The lowest BCUT2D eigenvalue weighted by Gasteiger charge is -2.18. The number of hydrogen-bond donors (Lipinski definition) is 1. The Balaban J connectivity index is 2.36. The van der Waals surface area contributed by atoms with Gasteiger partial charge in [-0.2, -0.15) is 0 Å². The van der Waals surface area contributed by atoms with Crippen LogP contribution < -0.4 is 10.6 Å². The Morgan fingerprint density at radius 1 is 1.11 bits per heavy atom. The molecule has 0 saturated heterocycles. The number of nitrogens with two attached hydrogens (primary N) is 1. The molecule has 0 aromatic heterocycles. The molecule has 19 heavy (non-hydrogen) atoms. The van der Waals surface area contributed by atoms with Crippen LogP contribution in [-0.2, 0) is 0 Å². The monoisotopic (exact) mass is 262 g/mol. The van der Waals surface area contributed by atoms with E-state index in [1.807, 2.05) is 0 Å². The van der Waals surface area contributed by atoms with E-state index in [1.165, 1.54) is 42.3 Å². The van der Waals surface area contributed by atoms with Gasteiger partial charge in [0.15, 0.2) is 0 Å². The Morgan fingerprint density at radius 3 is 2.47 bits per heavy atom. The first kappa shape index (κ1) is 13.0. The lowest BCUT2D eigenvalue weighted by atomic mass is 10.1. The number of rotatable bonds is 2. The number of halogens is 2. The number of carbonyl (C=O) groups is 1. The van der Waals surface area contributed by atoms with E-state index in [-0.39, 0.29) is 11.3 Å². The molecule has 2 rings (SSSR count). The molecule has 0 radical (unpaired) electrons. The summed E-state index contributed by atoms with van der Waals surface area (Å²) in [7, 11) is 1.47. The summed E-state index contributed by atoms with van der Waals surface area (Å²) in [6, 6.07) is 9.12. The zero-order chi connectivity index (χ0) is 14.0. The highest BCUT2D eigenvalue weighted by Gasteiger charge is 2.17. The molecule has 3 nitrogen and oxygen atoms in total. The highest BCUT2D eigenvalue weighted by Crippen LogP contribution is 2.20. The molecular formula is C14H12F2N2O. The van der Waals surface area contributed by atoms with Crippen LogP contribution >= 0.6 is 0 Å². The fraction of sp³-hybridized carbons (Fsp3) is 0.0714. The van der Waals surface area contributed by atoms with Gasteiger partial charge in [-0.3, -0.25) is 4.79 Å². The second-order valence-electron chi connectivity index (χ2n) is 4.08. The number of nitrogens with zero attached hydrogens (tertiary/aromatic N) is 1. The molecule has 0 heterocycles. The van der Waals surface area contributed by atoms with Crippen LogP contribution in [0, 0.1) is 11.6 Å². The average Bonchev–Trinajstić information content (AvgIpc) is 2.40. The van der Waals surface area contributed by atoms with Crippen LogP contribution in [0.15, 0.2) is 42.5 Å². The van der Waals surface area contributed by atoms with Crippen molar-refractivity contribution in [3.8, 4) is 0 Å². The summed E-state index contributed by atoms with van der Waals surface area (Å²) < 4.78 is 26.3. The van der Waals surface area contributed by atoms with Crippen molar-refractivity contribution in [3.63, 3.8) is 0 Å². The first-order valence-corrected chi connectivity index (χ1v) is 5.57. The minimum Gasteiger partial charge on any atom is -0.398 e. The molecule has 0 spiro atoms. The normalized spacial score (nSPS) is 10.3. The van der Waals surface area contributed by atoms with E-state index in [0.717, 1.165) is 6.07 Å². The fourth-order valence-electron chi connectivity index (χ4n) is 1.70. The molecule has 2 aromatic rings. The van der Waals surface area contributed by atoms with Gasteiger partial charge in [0.25, 0.3) is 5.91 Å². The SMILES string of the molecule is CN(C(=O)c1cc(F)ccc1N)c1cccc(F)c1. The zero-order valence-corrected chi connectivity index (χ0v) is 10.2. The van der Waals surface area contributed by atoms with Crippen molar-refractivity contribution < 1.29 is 13.6 Å². The largest absolute Gasteiger partial charge is 0.398 e. The standard InChI is InChI=1S/C14H12F2N2O/c1-18(11-4-2-3-9(15)7-11)14(19)12-8-10(16)5-6-13(12)17/h2-8H,17H2,1H3. The maximum absolute atomic E-state index is 13.2. The Labute approximate surface area is 109 Å². The van der Waals surface area contributed by atoms with Gasteiger partial charge in [0, 0.05) is 18.4 Å². The van der Waals surface area contributed by atoms with E-state index in [1.54, 1.807) is 6.07 Å². The van der Waals surface area contributed by atoms with Crippen molar-refractivity contribution in [2.24, 2.45) is 0 Å². The molecule has 0 saturated carbocycles. The van der Waals surface area contributed by atoms with Crippen LogP contribution in [0.5, 0.6) is 0 Å². The van der Waals surface area contributed by atoms with Gasteiger partial charge in [0.05, 0.1) is 5.56 Å². The Morgan fingerprint density at radius 2 is 1.79 bits per heavy atom. The molecule has 2 aromatic carbocycles. The predicted octanol–water partition coefficient (Wildman–Crippen LogP) is 2.82. The Bertz CT molecular complexity index is 629. The zero-order valence-electron chi connectivity index (χ0n) is 10.2. The van der Waals surface area contributed by atoms with E-state index >= 15 is 0 Å². The Kier molecular flexibility index (Phi) is 3.46. The number of nitrogen functional groups attached to an aromatic ring is 1. The molecule has 5 heteroatoms. The molecule has 0 aliphatic carbocycles. The molecule has 98 valence electrons. The second-order valence-corrected chi connectivity index (χ2v) is 4.08. The number of hydrogen-bond acceptors (Lipinski definition) is 2. The average molecular weight is 262 g/mol. The third-order valence-corrected chi connectivity index (χ3v) is 2.75. The van der Waals surface area contributed by atoms with E-state index in [0.29, 0.717) is 5.69 Å². The van der Waals surface area contributed by atoms with Crippen molar-refractivity contribution in [1.82, 2.24) is 0 Å². The minimum absolute atomic E-state index is 0.0479. The van der Waals surface area contributed by atoms with E-state index in [9.17, 15) is 13.6 Å². The van der Waals surface area contributed by atoms with Crippen molar-refractivity contribution in [2.75, 3.05) is 17.7 Å². The third-order valence-electron chi connectivity index (χ3n) is 2.75. The molecule has 0 fully saturated rings. The number of anilines is 2. The highest BCUT2D eigenvalue weighted by molar-refractivity contribution is 6.08. The van der Waals surface area contributed by atoms with Gasteiger partial charge in [-0.25, -0.2) is 8.78 Å². The molecule has 0 aliphatic heterocycles. The van der Waals surface area contributed by atoms with Gasteiger partial charge in [-0.15, -0.1) is 0 Å². The summed E-state index contributed by atoms with van der Waals surface area (Å²) in [4.78, 5) is 13.4. The summed E-state index contributed by atoms with van der Waals surface area (Å²) in [6.45, 7) is 0. The minimum atomic E-state index is -0.551. The van der Waals surface area contributed by atoms with E-state index < -0.39 is 17.5 Å². The van der Waals surface area contributed by atoms with Gasteiger partial charge >= 0.3 is 0 Å². The van der Waals surface area contributed by atoms with Gasteiger partial charge in [-0.05, 0) is 36.4 Å². The molecule has 0 atom stereocenters. The summed E-state index contributed by atoms with van der Waals surface area (Å²) >= 11 is 0. The van der Waals surface area contributed by atoms with Crippen LogP contribution in [0.25, 0.3) is 0 Å². The lowest BCUT2D eigenvalue weighted by Crippen LogP contribution is -2.27. The van der Waals surface area contributed by atoms with E-state index in [4.69, 9.17) is 5.73 Å². The van der Waals surface area contributed by atoms with Crippen LogP contribution in [0.3, 0.4) is 0 Å². The lowest BCUT2D eigenvalue weighted by molar-refractivity contribution is 0.0993. The van der Waals surface area contributed by atoms with Crippen LogP contribution in [0.2, 0.25) is 0 Å². The number of benzene rings is 2. The summed E-state index contributed by atoms with van der Waals surface area (Å²) in [5.74, 6) is -1.50. The predicted molar refractivity (Wildman–Crippen MR) is 69.9 cm³/mol. The number of amides is 1. The van der Waals surface area contributed by atoms with Crippen molar-refractivity contribution in [2.45, 2.75) is 0 Å². The van der Waals surface area contributed by atoms with Crippen LogP contribution in [-0.4, -0.2) is 13.0 Å². The molecule has 2 N–H and O–H groups in total. The van der Waals surface area contributed by atoms with Gasteiger partial charge in [0.2, 0.25) is 0 Å². The molecule has 0 bridgehead atoms. The summed E-state index contributed by atoms with van der Waals surface area (Å²) in [5, 5.41) is 0. The first-order chi connectivity index (χ1) is 8.99. The van der Waals surface area contributed by atoms with Crippen LogP contribution in [0.1, 0.15) is 10.4 Å². The fourth-order valence-corrected chi connectivity index (χ4v) is 1.70. The van der Waals surface area contributed by atoms with Crippen molar-refractivity contribution >= 4 is 17.3 Å². The van der Waals surface area contributed by atoms with Crippen LogP contribution in [0.4, 0.5) is 20.2 Å². The number of carbonyl (C=O) groups excluding carboxylic acids is 1.